The number of nitrogens with zero attached hydrogens (tertiary/aromatic N) is 4. The second-order valence-corrected chi connectivity index (χ2v) is 6.70. The minimum Gasteiger partial charge on any atom is -0.372 e. The summed E-state index contributed by atoms with van der Waals surface area (Å²) >= 11 is 0. The smallest absolute Gasteiger partial charge is 0.275 e. The molecule has 0 saturated carbocycles. The van der Waals surface area contributed by atoms with E-state index in [1.54, 1.807) is 18.6 Å². The zero-order valence-corrected chi connectivity index (χ0v) is 15.5. The van der Waals surface area contributed by atoms with Crippen LogP contribution in [0.15, 0.2) is 61.2 Å². The van der Waals surface area contributed by atoms with E-state index < -0.39 is 0 Å². The van der Waals surface area contributed by atoms with Crippen molar-refractivity contribution in [1.29, 1.82) is 0 Å². The normalized spacial score (nSPS) is 13.4. The number of rotatable bonds is 6. The lowest BCUT2D eigenvalue weighted by molar-refractivity contribution is 0.102. The SMILES string of the molecule is O=C(Nc1ccc(N2CCCC2)cc1)c1cnc(NCc2cccnc2)cn1. The third kappa shape index (κ3) is 4.43. The number of amides is 1. The van der Waals surface area contributed by atoms with Crippen molar-refractivity contribution in [3.05, 3.63) is 72.4 Å². The van der Waals surface area contributed by atoms with Crippen LogP contribution in [0.5, 0.6) is 0 Å². The van der Waals surface area contributed by atoms with Gasteiger partial charge in [0, 0.05) is 43.4 Å². The second kappa shape index (κ2) is 8.47. The molecule has 3 aromatic rings. The maximum Gasteiger partial charge on any atom is 0.275 e. The van der Waals surface area contributed by atoms with Crippen LogP contribution in [0, 0.1) is 0 Å². The summed E-state index contributed by atoms with van der Waals surface area (Å²) in [4.78, 5) is 27.3. The summed E-state index contributed by atoms with van der Waals surface area (Å²) in [6, 6.07) is 11.8. The number of pyridine rings is 1. The van der Waals surface area contributed by atoms with E-state index in [1.165, 1.54) is 24.7 Å². The van der Waals surface area contributed by atoms with Gasteiger partial charge >= 0.3 is 0 Å². The minimum absolute atomic E-state index is 0.274. The van der Waals surface area contributed by atoms with Gasteiger partial charge in [-0.15, -0.1) is 0 Å². The highest BCUT2D eigenvalue weighted by Crippen LogP contribution is 2.22. The van der Waals surface area contributed by atoms with E-state index in [1.807, 2.05) is 36.4 Å². The van der Waals surface area contributed by atoms with Gasteiger partial charge < -0.3 is 15.5 Å². The van der Waals surface area contributed by atoms with Gasteiger partial charge in [0.25, 0.3) is 5.91 Å². The van der Waals surface area contributed by atoms with Crippen molar-refractivity contribution < 1.29 is 4.79 Å². The van der Waals surface area contributed by atoms with Crippen molar-refractivity contribution in [3.8, 4) is 0 Å². The minimum atomic E-state index is -0.278. The summed E-state index contributed by atoms with van der Waals surface area (Å²) < 4.78 is 0. The Labute approximate surface area is 163 Å². The van der Waals surface area contributed by atoms with Crippen molar-refractivity contribution in [1.82, 2.24) is 15.0 Å². The summed E-state index contributed by atoms with van der Waals surface area (Å²) in [6.45, 7) is 2.79. The predicted octanol–water partition coefficient (Wildman–Crippen LogP) is 3.34. The Bertz CT molecular complexity index is 906. The van der Waals surface area contributed by atoms with Crippen LogP contribution in [0.2, 0.25) is 0 Å². The topological polar surface area (TPSA) is 83.0 Å². The van der Waals surface area contributed by atoms with Gasteiger partial charge in [-0.3, -0.25) is 9.78 Å². The molecule has 0 spiro atoms. The predicted molar refractivity (Wildman–Crippen MR) is 109 cm³/mol. The van der Waals surface area contributed by atoms with E-state index in [-0.39, 0.29) is 11.6 Å². The molecule has 0 aliphatic carbocycles. The van der Waals surface area contributed by atoms with Gasteiger partial charge in [-0.05, 0) is 48.7 Å². The Kier molecular flexibility index (Phi) is 5.42. The van der Waals surface area contributed by atoms with Crippen LogP contribution < -0.4 is 15.5 Å². The third-order valence-electron chi connectivity index (χ3n) is 4.68. The molecule has 0 unspecified atom stereocenters. The van der Waals surface area contributed by atoms with Gasteiger partial charge in [-0.1, -0.05) is 6.07 Å². The van der Waals surface area contributed by atoms with E-state index in [9.17, 15) is 4.79 Å². The Hall–Kier alpha value is -3.48. The molecule has 1 saturated heterocycles. The zero-order chi connectivity index (χ0) is 19.2. The first-order valence-corrected chi connectivity index (χ1v) is 9.39. The number of hydrogen-bond acceptors (Lipinski definition) is 6. The van der Waals surface area contributed by atoms with Gasteiger partial charge in [0.15, 0.2) is 0 Å². The number of carbonyl (C=O) groups is 1. The lowest BCUT2D eigenvalue weighted by Gasteiger charge is -2.17. The maximum atomic E-state index is 12.4. The lowest BCUT2D eigenvalue weighted by atomic mass is 10.2. The number of carbonyl (C=O) groups excluding carboxylic acids is 1. The van der Waals surface area contributed by atoms with Crippen LogP contribution in [0.3, 0.4) is 0 Å². The molecule has 2 aromatic heterocycles. The zero-order valence-electron chi connectivity index (χ0n) is 15.5. The van der Waals surface area contributed by atoms with Gasteiger partial charge in [0.2, 0.25) is 0 Å². The molecule has 7 heteroatoms. The number of anilines is 3. The molecule has 142 valence electrons. The van der Waals surface area contributed by atoms with Crippen molar-refractivity contribution >= 4 is 23.1 Å². The third-order valence-corrected chi connectivity index (χ3v) is 4.68. The molecule has 2 N–H and O–H groups in total. The highest BCUT2D eigenvalue weighted by atomic mass is 16.1. The molecule has 1 aliphatic rings. The van der Waals surface area contributed by atoms with Crippen LogP contribution in [0.4, 0.5) is 17.2 Å². The summed E-state index contributed by atoms with van der Waals surface area (Å²) in [6.07, 6.45) is 9.03. The Balaban J connectivity index is 1.33. The molecule has 28 heavy (non-hydrogen) atoms. The first kappa shape index (κ1) is 17.9. The number of aromatic nitrogens is 3. The molecule has 0 bridgehead atoms. The van der Waals surface area contributed by atoms with E-state index in [0.717, 1.165) is 24.3 Å². The van der Waals surface area contributed by atoms with Gasteiger partial charge in [0.05, 0.1) is 12.4 Å². The fourth-order valence-corrected chi connectivity index (χ4v) is 3.16. The molecule has 1 fully saturated rings. The van der Waals surface area contributed by atoms with E-state index in [2.05, 4.69) is 30.5 Å². The summed E-state index contributed by atoms with van der Waals surface area (Å²) in [5.74, 6) is 0.329. The first-order chi connectivity index (χ1) is 13.8. The number of benzene rings is 1. The average Bonchev–Trinajstić information content (AvgIpc) is 3.29. The first-order valence-electron chi connectivity index (χ1n) is 9.39. The molecular formula is C21H22N6O. The largest absolute Gasteiger partial charge is 0.372 e. The molecule has 0 radical (unpaired) electrons. The lowest BCUT2D eigenvalue weighted by Crippen LogP contribution is -2.18. The fraction of sp³-hybridized carbons (Fsp3) is 0.238. The van der Waals surface area contributed by atoms with Gasteiger partial charge in [-0.2, -0.15) is 0 Å². The Morgan fingerprint density at radius 3 is 2.50 bits per heavy atom. The summed E-state index contributed by atoms with van der Waals surface area (Å²) in [7, 11) is 0. The maximum absolute atomic E-state index is 12.4. The molecular weight excluding hydrogens is 352 g/mol. The number of nitrogens with one attached hydrogen (secondary N) is 2. The van der Waals surface area contributed by atoms with E-state index in [0.29, 0.717) is 12.4 Å². The monoisotopic (exact) mass is 374 g/mol. The van der Waals surface area contributed by atoms with Crippen molar-refractivity contribution in [2.75, 3.05) is 28.6 Å². The highest BCUT2D eigenvalue weighted by Gasteiger charge is 2.13. The second-order valence-electron chi connectivity index (χ2n) is 6.70. The van der Waals surface area contributed by atoms with Gasteiger partial charge in [0.1, 0.15) is 11.5 Å². The van der Waals surface area contributed by atoms with Crippen molar-refractivity contribution in [2.24, 2.45) is 0 Å². The van der Waals surface area contributed by atoms with Crippen molar-refractivity contribution in [3.63, 3.8) is 0 Å². The molecule has 0 atom stereocenters. The molecule has 3 heterocycles. The Morgan fingerprint density at radius 1 is 1.00 bits per heavy atom. The molecule has 1 aliphatic heterocycles. The fourth-order valence-electron chi connectivity index (χ4n) is 3.16. The molecule has 1 aromatic carbocycles. The van der Waals surface area contributed by atoms with Crippen LogP contribution in [0.25, 0.3) is 0 Å². The van der Waals surface area contributed by atoms with Crippen LogP contribution in [0.1, 0.15) is 28.9 Å². The van der Waals surface area contributed by atoms with Crippen LogP contribution in [-0.2, 0) is 6.54 Å². The van der Waals surface area contributed by atoms with Crippen LogP contribution >= 0.6 is 0 Å². The molecule has 1 amide bonds. The standard InChI is InChI=1S/C21H22N6O/c28-21(26-17-5-7-18(8-6-17)27-10-1-2-11-27)19-14-25-20(15-23-19)24-13-16-4-3-9-22-12-16/h3-9,12,14-15H,1-2,10-11,13H2,(H,24,25)(H,26,28). The van der Waals surface area contributed by atoms with Crippen LogP contribution in [-0.4, -0.2) is 33.9 Å². The molecule has 4 rings (SSSR count). The molecule has 7 nitrogen and oxygen atoms in total. The number of hydrogen-bond donors (Lipinski definition) is 2. The van der Waals surface area contributed by atoms with E-state index in [4.69, 9.17) is 0 Å². The van der Waals surface area contributed by atoms with Gasteiger partial charge in [-0.25, -0.2) is 9.97 Å². The quantitative estimate of drug-likeness (QED) is 0.689. The highest BCUT2D eigenvalue weighted by molar-refractivity contribution is 6.02. The van der Waals surface area contributed by atoms with E-state index >= 15 is 0 Å². The summed E-state index contributed by atoms with van der Waals surface area (Å²) in [5, 5.41) is 6.02. The van der Waals surface area contributed by atoms with Crippen molar-refractivity contribution in [2.45, 2.75) is 19.4 Å². The Morgan fingerprint density at radius 2 is 1.82 bits per heavy atom. The summed E-state index contributed by atoms with van der Waals surface area (Å²) in [5.41, 5.74) is 3.26. The average molecular weight is 374 g/mol.